The highest BCUT2D eigenvalue weighted by atomic mass is 32.2. The highest BCUT2D eigenvalue weighted by molar-refractivity contribution is 7.92. The zero-order valence-electron chi connectivity index (χ0n) is 24.1. The quantitative estimate of drug-likeness (QED) is 0.220. The monoisotopic (exact) mass is 597 g/mol. The molecule has 0 unspecified atom stereocenters. The van der Waals surface area contributed by atoms with Gasteiger partial charge in [-0.2, -0.15) is 0 Å². The Balaban J connectivity index is 1.54. The minimum Gasteiger partial charge on any atom is -0.493 e. The Labute approximate surface area is 244 Å². The topological polar surface area (TPSA) is 119 Å². The molecule has 0 fully saturated rings. The molecule has 0 saturated carbocycles. The maximum absolute atomic E-state index is 13.6. The molecule has 0 aliphatic carbocycles. The van der Waals surface area contributed by atoms with Crippen LogP contribution in [0.1, 0.15) is 30.9 Å². The van der Waals surface area contributed by atoms with E-state index < -0.39 is 10.0 Å². The zero-order chi connectivity index (χ0) is 29.9. The molecule has 11 nitrogen and oxygen atoms in total. The number of rotatable bonds is 13. The van der Waals surface area contributed by atoms with Gasteiger partial charge in [-0.3, -0.25) is 13.9 Å². The Hall–Kier alpha value is -4.00. The van der Waals surface area contributed by atoms with Crippen molar-refractivity contribution in [1.29, 1.82) is 0 Å². The van der Waals surface area contributed by atoms with Crippen molar-refractivity contribution < 1.29 is 32.1 Å². The molecule has 12 heteroatoms. The van der Waals surface area contributed by atoms with E-state index in [1.54, 1.807) is 69.7 Å². The molecule has 2 heterocycles. The van der Waals surface area contributed by atoms with Crippen LogP contribution in [-0.2, 0) is 46.8 Å². The number of fused-ring (bicyclic) bond motifs is 2. The number of imidazole rings is 1. The number of aromatic nitrogens is 2. The van der Waals surface area contributed by atoms with Crippen LogP contribution in [0.2, 0.25) is 0 Å². The van der Waals surface area contributed by atoms with Crippen LogP contribution >= 0.6 is 0 Å². The second-order valence-electron chi connectivity index (χ2n) is 10.1. The number of sulfonamides is 1. The van der Waals surface area contributed by atoms with E-state index >= 15 is 0 Å². The number of anilines is 1. The Morgan fingerprint density at radius 1 is 0.857 bits per heavy atom. The van der Waals surface area contributed by atoms with E-state index in [1.807, 2.05) is 6.92 Å². The van der Waals surface area contributed by atoms with Gasteiger partial charge in [0.05, 0.1) is 48.0 Å². The summed E-state index contributed by atoms with van der Waals surface area (Å²) in [4.78, 5) is 12.8. The van der Waals surface area contributed by atoms with Crippen molar-refractivity contribution in [1.82, 2.24) is 9.13 Å². The number of aryl methyl sites for hydroxylation is 2. The summed E-state index contributed by atoms with van der Waals surface area (Å²) < 4.78 is 61.4. The Kier molecular flexibility index (Phi) is 8.76. The van der Waals surface area contributed by atoms with E-state index in [1.165, 1.54) is 9.13 Å². The molecule has 0 spiro atoms. The average Bonchev–Trinajstić information content (AvgIpc) is 3.53. The van der Waals surface area contributed by atoms with E-state index in [2.05, 4.69) is 4.72 Å². The van der Waals surface area contributed by atoms with Gasteiger partial charge in [0.2, 0.25) is 0 Å². The van der Waals surface area contributed by atoms with Gasteiger partial charge in [-0.1, -0.05) is 13.0 Å². The van der Waals surface area contributed by atoms with Crippen LogP contribution < -0.4 is 24.6 Å². The first kappa shape index (κ1) is 29.5. The lowest BCUT2D eigenvalue weighted by Gasteiger charge is -2.17. The molecule has 0 atom stereocenters. The molecule has 3 aromatic carbocycles. The molecule has 1 aliphatic heterocycles. The fraction of sp³-hybridized carbons (Fsp3) is 0.367. The van der Waals surface area contributed by atoms with Crippen LogP contribution in [0.25, 0.3) is 11.0 Å². The standard InChI is InChI=1S/C30H35N3O8S/c1-5-9-39-22-13-23(40-11-6-10-37-4)15-24(14-22)41-29-17-28-27(32(2)30(34)33(28)3)16-26(29)31-42(35,36)25-8-7-20-18-38-19-21(20)12-25/h7-8,12-17,31H,5-6,9-11,18-19H2,1-4H3. The van der Waals surface area contributed by atoms with Crippen molar-refractivity contribution in [2.24, 2.45) is 14.1 Å². The number of benzene rings is 3. The maximum Gasteiger partial charge on any atom is 0.328 e. The summed E-state index contributed by atoms with van der Waals surface area (Å²) in [5.74, 6) is 1.66. The van der Waals surface area contributed by atoms with E-state index in [9.17, 15) is 13.2 Å². The molecule has 0 amide bonds. The number of methoxy groups -OCH3 is 1. The molecule has 1 aliphatic rings. The van der Waals surface area contributed by atoms with Gasteiger partial charge in [0.15, 0.2) is 5.75 Å². The van der Waals surface area contributed by atoms with Gasteiger partial charge >= 0.3 is 5.69 Å². The van der Waals surface area contributed by atoms with Gasteiger partial charge in [0.25, 0.3) is 10.0 Å². The van der Waals surface area contributed by atoms with E-state index in [0.717, 1.165) is 17.5 Å². The number of hydrogen-bond donors (Lipinski definition) is 1. The van der Waals surface area contributed by atoms with Crippen LogP contribution in [-0.4, -0.2) is 44.5 Å². The van der Waals surface area contributed by atoms with Gasteiger partial charge in [-0.25, -0.2) is 13.2 Å². The molecular weight excluding hydrogens is 562 g/mol. The van der Waals surface area contributed by atoms with Crippen molar-refractivity contribution >= 4 is 26.7 Å². The third kappa shape index (κ3) is 6.25. The minimum absolute atomic E-state index is 0.0986. The summed E-state index contributed by atoms with van der Waals surface area (Å²) in [7, 11) is 0.892. The van der Waals surface area contributed by atoms with Gasteiger partial charge in [-0.15, -0.1) is 0 Å². The third-order valence-electron chi connectivity index (χ3n) is 6.94. The molecule has 0 saturated heterocycles. The summed E-state index contributed by atoms with van der Waals surface area (Å²) in [5.41, 5.74) is 2.82. The fourth-order valence-electron chi connectivity index (χ4n) is 4.72. The molecular formula is C30H35N3O8S. The molecule has 0 bridgehead atoms. The van der Waals surface area contributed by atoms with Gasteiger partial charge in [-0.05, 0) is 35.7 Å². The second-order valence-corrected chi connectivity index (χ2v) is 11.7. The van der Waals surface area contributed by atoms with Gasteiger partial charge in [0.1, 0.15) is 17.2 Å². The lowest BCUT2D eigenvalue weighted by Crippen LogP contribution is -2.19. The van der Waals surface area contributed by atoms with Gasteiger partial charge in [0, 0.05) is 58.5 Å². The minimum atomic E-state index is -4.02. The summed E-state index contributed by atoms with van der Waals surface area (Å²) in [6.45, 7) is 4.32. The predicted molar refractivity (Wildman–Crippen MR) is 158 cm³/mol. The van der Waals surface area contributed by atoms with Crippen LogP contribution in [0.5, 0.6) is 23.0 Å². The molecule has 4 aromatic rings. The molecule has 42 heavy (non-hydrogen) atoms. The van der Waals surface area contributed by atoms with E-state index in [-0.39, 0.29) is 22.0 Å². The Morgan fingerprint density at radius 2 is 1.52 bits per heavy atom. The lowest BCUT2D eigenvalue weighted by molar-refractivity contribution is 0.134. The third-order valence-corrected chi connectivity index (χ3v) is 8.30. The first-order valence-electron chi connectivity index (χ1n) is 13.7. The number of ether oxygens (including phenoxy) is 5. The number of nitrogens with one attached hydrogen (secondary N) is 1. The highest BCUT2D eigenvalue weighted by Crippen LogP contribution is 2.38. The first-order chi connectivity index (χ1) is 20.2. The van der Waals surface area contributed by atoms with Crippen LogP contribution in [0.3, 0.4) is 0 Å². The predicted octanol–water partition coefficient (Wildman–Crippen LogP) is 4.70. The molecule has 1 aromatic heterocycles. The molecule has 5 rings (SSSR count). The molecule has 224 valence electrons. The summed E-state index contributed by atoms with van der Waals surface area (Å²) >= 11 is 0. The zero-order valence-corrected chi connectivity index (χ0v) is 25.0. The number of hydrogen-bond acceptors (Lipinski definition) is 8. The largest absolute Gasteiger partial charge is 0.493 e. The Morgan fingerprint density at radius 3 is 2.24 bits per heavy atom. The highest BCUT2D eigenvalue weighted by Gasteiger charge is 2.23. The molecule has 1 N–H and O–H groups in total. The fourth-order valence-corrected chi connectivity index (χ4v) is 5.83. The van der Waals surface area contributed by atoms with Crippen LogP contribution in [0.15, 0.2) is 58.2 Å². The van der Waals surface area contributed by atoms with Crippen LogP contribution in [0.4, 0.5) is 5.69 Å². The van der Waals surface area contributed by atoms with Crippen molar-refractivity contribution in [3.8, 4) is 23.0 Å². The van der Waals surface area contributed by atoms with Crippen LogP contribution in [0, 0.1) is 0 Å². The summed E-state index contributed by atoms with van der Waals surface area (Å²) in [6.07, 6.45) is 1.51. The van der Waals surface area contributed by atoms with E-state index in [0.29, 0.717) is 67.7 Å². The molecule has 0 radical (unpaired) electrons. The summed E-state index contributed by atoms with van der Waals surface area (Å²) in [6, 6.07) is 13.4. The number of nitrogens with zero attached hydrogens (tertiary/aromatic N) is 2. The van der Waals surface area contributed by atoms with Crippen molar-refractivity contribution in [3.05, 3.63) is 70.1 Å². The maximum atomic E-state index is 13.6. The smallest absolute Gasteiger partial charge is 0.328 e. The summed E-state index contributed by atoms with van der Waals surface area (Å²) in [5, 5.41) is 0. The van der Waals surface area contributed by atoms with Gasteiger partial charge < -0.3 is 23.7 Å². The average molecular weight is 598 g/mol. The SMILES string of the molecule is CCCOc1cc(OCCCOC)cc(Oc2cc3c(cc2NS(=O)(=O)c2ccc4c(c2)COC4)n(C)c(=O)n3C)c1. The van der Waals surface area contributed by atoms with Crippen molar-refractivity contribution in [2.45, 2.75) is 37.9 Å². The van der Waals surface area contributed by atoms with E-state index in [4.69, 9.17) is 23.7 Å². The first-order valence-corrected chi connectivity index (χ1v) is 15.2. The Bertz CT molecular complexity index is 1760. The van der Waals surface area contributed by atoms with Crippen molar-refractivity contribution in [2.75, 3.05) is 31.7 Å². The normalized spacial score (nSPS) is 12.9. The van der Waals surface area contributed by atoms with Crippen molar-refractivity contribution in [3.63, 3.8) is 0 Å². The second kappa shape index (κ2) is 12.5. The lowest BCUT2D eigenvalue weighted by atomic mass is 10.1.